The molecule has 4 amide bonds. The van der Waals surface area contributed by atoms with Gasteiger partial charge in [-0.2, -0.15) is 0 Å². The van der Waals surface area contributed by atoms with Crippen molar-refractivity contribution in [2.24, 2.45) is 0 Å². The molecule has 1 saturated heterocycles. The van der Waals surface area contributed by atoms with Gasteiger partial charge in [-0.15, -0.1) is 0 Å². The van der Waals surface area contributed by atoms with Crippen molar-refractivity contribution in [3.8, 4) is 0 Å². The van der Waals surface area contributed by atoms with E-state index in [1.807, 2.05) is 6.26 Å². The fourth-order valence-corrected chi connectivity index (χ4v) is 3.33. The summed E-state index contributed by atoms with van der Waals surface area (Å²) in [4.78, 5) is 46.3. The Morgan fingerprint density at radius 3 is 2.46 bits per heavy atom. The van der Waals surface area contributed by atoms with Crippen LogP contribution >= 0.6 is 11.8 Å². The predicted molar refractivity (Wildman–Crippen MR) is 89.0 cm³/mol. The minimum atomic E-state index is -0.675. The number of carbonyl (C=O) groups is 3. The fourth-order valence-electron chi connectivity index (χ4n) is 3.01. The summed E-state index contributed by atoms with van der Waals surface area (Å²) in [6.07, 6.45) is 11.0. The number of nitrogens with zero attached hydrogens (tertiary/aromatic N) is 3. The number of hydrogen-bond donors (Lipinski definition) is 1. The summed E-state index contributed by atoms with van der Waals surface area (Å²) in [6, 6.07) is -0.763. The van der Waals surface area contributed by atoms with E-state index in [0.29, 0.717) is 10.7 Å². The van der Waals surface area contributed by atoms with Crippen LogP contribution in [0.4, 0.5) is 4.79 Å². The first kappa shape index (κ1) is 16.6. The van der Waals surface area contributed by atoms with Crippen molar-refractivity contribution in [1.82, 2.24) is 20.2 Å². The summed E-state index contributed by atoms with van der Waals surface area (Å²) >= 11 is 1.40. The maximum absolute atomic E-state index is 12.7. The Labute approximate surface area is 143 Å². The van der Waals surface area contributed by atoms with Gasteiger partial charge in [-0.1, -0.05) is 31.0 Å². The van der Waals surface area contributed by atoms with Gasteiger partial charge in [0.15, 0.2) is 5.16 Å². The molecule has 0 unspecified atom stereocenters. The van der Waals surface area contributed by atoms with Gasteiger partial charge in [0.2, 0.25) is 0 Å². The lowest BCUT2D eigenvalue weighted by Crippen LogP contribution is -2.58. The van der Waals surface area contributed by atoms with Crippen LogP contribution in [0, 0.1) is 0 Å². The third kappa shape index (κ3) is 3.33. The first-order chi connectivity index (χ1) is 11.6. The molecular formula is C16H18N4O3S. The Balaban J connectivity index is 1.87. The van der Waals surface area contributed by atoms with Gasteiger partial charge in [-0.3, -0.25) is 19.8 Å². The zero-order chi connectivity index (χ0) is 17.1. The molecule has 1 saturated carbocycles. The summed E-state index contributed by atoms with van der Waals surface area (Å²) in [6.45, 7) is 0. The second kappa shape index (κ2) is 7.12. The number of nitrogens with one attached hydrogen (secondary N) is 1. The Morgan fingerprint density at radius 2 is 1.83 bits per heavy atom. The number of thioether (sulfide) groups is 1. The van der Waals surface area contributed by atoms with Crippen molar-refractivity contribution in [2.75, 3.05) is 6.26 Å². The second-order valence-electron chi connectivity index (χ2n) is 5.79. The predicted octanol–water partition coefficient (Wildman–Crippen LogP) is 1.99. The van der Waals surface area contributed by atoms with Crippen LogP contribution in [-0.2, 0) is 9.59 Å². The molecule has 0 radical (unpaired) electrons. The molecular weight excluding hydrogens is 328 g/mol. The molecule has 0 spiro atoms. The summed E-state index contributed by atoms with van der Waals surface area (Å²) in [5.74, 6) is -1.21. The Hall–Kier alpha value is -2.22. The van der Waals surface area contributed by atoms with Crippen molar-refractivity contribution in [2.45, 2.75) is 43.3 Å². The third-order valence-electron chi connectivity index (χ3n) is 4.21. The van der Waals surface area contributed by atoms with E-state index in [0.717, 1.165) is 32.1 Å². The van der Waals surface area contributed by atoms with Crippen LogP contribution in [0.5, 0.6) is 0 Å². The highest BCUT2D eigenvalue weighted by atomic mass is 32.2. The SMILES string of the molecule is CSc1ncc(/C=C2\C(=O)NC(=O)N(C3CCCCC3)C2=O)cn1. The molecule has 1 aliphatic carbocycles. The molecule has 24 heavy (non-hydrogen) atoms. The lowest BCUT2D eigenvalue weighted by atomic mass is 9.93. The number of aromatic nitrogens is 2. The van der Waals surface area contributed by atoms with Gasteiger partial charge in [0.1, 0.15) is 5.57 Å². The zero-order valence-corrected chi connectivity index (χ0v) is 14.1. The molecule has 0 bridgehead atoms. The van der Waals surface area contributed by atoms with Gasteiger partial charge in [-0.05, 0) is 25.2 Å². The highest BCUT2D eigenvalue weighted by Gasteiger charge is 2.40. The van der Waals surface area contributed by atoms with Crippen LogP contribution in [0.3, 0.4) is 0 Å². The monoisotopic (exact) mass is 346 g/mol. The largest absolute Gasteiger partial charge is 0.331 e. The normalized spacial score (nSPS) is 21.3. The molecule has 2 heterocycles. The van der Waals surface area contributed by atoms with Gasteiger partial charge in [-0.25, -0.2) is 14.8 Å². The van der Waals surface area contributed by atoms with Crippen molar-refractivity contribution in [1.29, 1.82) is 0 Å². The lowest BCUT2D eigenvalue weighted by Gasteiger charge is -2.35. The van der Waals surface area contributed by atoms with E-state index < -0.39 is 17.8 Å². The standard InChI is InChI=1S/C16H18N4O3S/c1-24-15-17-8-10(9-18-15)7-12-13(21)19-16(23)20(14(12)22)11-5-3-2-4-6-11/h7-9,11H,2-6H2,1H3,(H,19,21,23)/b12-7+. The smallest absolute Gasteiger partial charge is 0.273 e. The molecule has 0 atom stereocenters. The van der Waals surface area contributed by atoms with Crippen molar-refractivity contribution < 1.29 is 14.4 Å². The third-order valence-corrected chi connectivity index (χ3v) is 4.79. The van der Waals surface area contributed by atoms with Gasteiger partial charge < -0.3 is 0 Å². The first-order valence-corrected chi connectivity index (χ1v) is 9.09. The first-order valence-electron chi connectivity index (χ1n) is 7.86. The molecule has 7 nitrogen and oxygen atoms in total. The maximum Gasteiger partial charge on any atom is 0.331 e. The van der Waals surface area contributed by atoms with E-state index in [4.69, 9.17) is 0 Å². The van der Waals surface area contributed by atoms with E-state index >= 15 is 0 Å². The lowest BCUT2D eigenvalue weighted by molar-refractivity contribution is -0.132. The van der Waals surface area contributed by atoms with Crippen LogP contribution in [0.1, 0.15) is 37.7 Å². The van der Waals surface area contributed by atoms with Crippen molar-refractivity contribution >= 4 is 35.7 Å². The van der Waals surface area contributed by atoms with E-state index in [2.05, 4.69) is 15.3 Å². The number of amides is 4. The fraction of sp³-hybridized carbons (Fsp3) is 0.438. The van der Waals surface area contributed by atoms with Crippen LogP contribution in [-0.4, -0.2) is 45.0 Å². The zero-order valence-electron chi connectivity index (χ0n) is 13.3. The summed E-state index contributed by atoms with van der Waals surface area (Å²) in [5.41, 5.74) is 0.491. The van der Waals surface area contributed by atoms with Crippen LogP contribution in [0.25, 0.3) is 6.08 Å². The van der Waals surface area contributed by atoms with Gasteiger partial charge in [0, 0.05) is 24.0 Å². The molecule has 2 aliphatic rings. The second-order valence-corrected chi connectivity index (χ2v) is 6.56. The molecule has 8 heteroatoms. The van der Waals surface area contributed by atoms with E-state index in [9.17, 15) is 14.4 Å². The van der Waals surface area contributed by atoms with E-state index in [-0.39, 0.29) is 11.6 Å². The molecule has 0 aromatic carbocycles. The molecule has 1 aromatic rings. The Morgan fingerprint density at radius 1 is 1.17 bits per heavy atom. The average molecular weight is 346 g/mol. The number of hydrogen-bond acceptors (Lipinski definition) is 6. The molecule has 2 fully saturated rings. The quantitative estimate of drug-likeness (QED) is 0.389. The van der Waals surface area contributed by atoms with E-state index in [1.165, 1.54) is 22.7 Å². The number of rotatable bonds is 3. The molecule has 3 rings (SSSR count). The van der Waals surface area contributed by atoms with Crippen molar-refractivity contribution in [3.05, 3.63) is 23.5 Å². The van der Waals surface area contributed by atoms with E-state index in [1.54, 1.807) is 12.4 Å². The maximum atomic E-state index is 12.7. The molecule has 1 N–H and O–H groups in total. The Kier molecular flexibility index (Phi) is 4.94. The summed E-state index contributed by atoms with van der Waals surface area (Å²) in [5, 5.41) is 2.87. The number of imide groups is 2. The molecule has 1 aromatic heterocycles. The van der Waals surface area contributed by atoms with Crippen LogP contribution in [0.2, 0.25) is 0 Å². The topological polar surface area (TPSA) is 92.3 Å². The van der Waals surface area contributed by atoms with Crippen LogP contribution in [0.15, 0.2) is 23.1 Å². The minimum absolute atomic E-state index is 0.0549. The van der Waals surface area contributed by atoms with Gasteiger partial charge in [0.05, 0.1) is 0 Å². The number of urea groups is 1. The molecule has 1 aliphatic heterocycles. The Bertz CT molecular complexity index is 696. The van der Waals surface area contributed by atoms with Crippen LogP contribution < -0.4 is 5.32 Å². The average Bonchev–Trinajstić information content (AvgIpc) is 2.60. The van der Waals surface area contributed by atoms with Crippen molar-refractivity contribution in [3.63, 3.8) is 0 Å². The number of carbonyl (C=O) groups excluding carboxylic acids is 3. The number of barbiturate groups is 1. The van der Waals surface area contributed by atoms with Gasteiger partial charge in [0.25, 0.3) is 11.8 Å². The minimum Gasteiger partial charge on any atom is -0.273 e. The highest BCUT2D eigenvalue weighted by molar-refractivity contribution is 7.98. The highest BCUT2D eigenvalue weighted by Crippen LogP contribution is 2.26. The molecule has 126 valence electrons. The summed E-state index contributed by atoms with van der Waals surface area (Å²) < 4.78 is 0. The summed E-state index contributed by atoms with van der Waals surface area (Å²) in [7, 11) is 0. The van der Waals surface area contributed by atoms with Gasteiger partial charge >= 0.3 is 6.03 Å².